The number of sulfonamides is 1. The molecule has 0 saturated carbocycles. The number of esters is 1. The summed E-state index contributed by atoms with van der Waals surface area (Å²) in [6, 6.07) is 6.70. The summed E-state index contributed by atoms with van der Waals surface area (Å²) in [7, 11) is -2.36. The topological polar surface area (TPSA) is 84.8 Å². The molecule has 0 radical (unpaired) electrons. The molecule has 4 rings (SSSR count). The Bertz CT molecular complexity index is 1120. The third-order valence-electron chi connectivity index (χ3n) is 5.74. The first kappa shape index (κ1) is 20.1. The van der Waals surface area contributed by atoms with E-state index in [1.165, 1.54) is 24.5 Å². The lowest BCUT2D eigenvalue weighted by Crippen LogP contribution is -2.26. The Hall–Kier alpha value is -2.19. The molecule has 0 amide bonds. The van der Waals surface area contributed by atoms with E-state index in [9.17, 15) is 13.2 Å². The third kappa shape index (κ3) is 3.48. The molecule has 1 aliphatic heterocycles. The van der Waals surface area contributed by atoms with Crippen LogP contribution in [0.2, 0.25) is 0 Å². The standard InChI is InChI=1S/C21H24N2O4S2/c1-21(2,3)12-9-10-13-15(11-12)28-19(17(13)20(24)27-4)22-18-14-7-5-6-8-16(14)29(25,26)23-18/h5-8,12H,9-11H2,1-4H3,(H,22,23). The predicted molar refractivity (Wildman–Crippen MR) is 114 cm³/mol. The van der Waals surface area contributed by atoms with Gasteiger partial charge in [0.25, 0.3) is 10.0 Å². The number of carbonyl (C=O) groups is 1. The molecule has 1 N–H and O–H groups in total. The number of methoxy groups -OCH3 is 1. The zero-order chi connectivity index (χ0) is 21.0. The maximum absolute atomic E-state index is 12.6. The Balaban J connectivity index is 1.76. The normalized spacial score (nSPS) is 19.9. The van der Waals surface area contributed by atoms with Crippen LogP contribution in [0.5, 0.6) is 0 Å². The molecule has 2 aromatic rings. The molecule has 6 nitrogen and oxygen atoms in total. The lowest BCUT2D eigenvalue weighted by molar-refractivity contribution is 0.0600. The van der Waals surface area contributed by atoms with Crippen LogP contribution in [-0.2, 0) is 27.6 Å². The highest BCUT2D eigenvalue weighted by Crippen LogP contribution is 2.45. The lowest BCUT2D eigenvalue weighted by Gasteiger charge is -2.33. The van der Waals surface area contributed by atoms with Crippen molar-refractivity contribution >= 4 is 38.2 Å². The lowest BCUT2D eigenvalue weighted by atomic mass is 9.72. The molecule has 1 unspecified atom stereocenters. The highest BCUT2D eigenvalue weighted by atomic mass is 32.2. The Morgan fingerprint density at radius 1 is 1.28 bits per heavy atom. The van der Waals surface area contributed by atoms with Gasteiger partial charge in [0.1, 0.15) is 9.90 Å². The van der Waals surface area contributed by atoms with Crippen molar-refractivity contribution < 1.29 is 17.9 Å². The van der Waals surface area contributed by atoms with Crippen LogP contribution in [0.15, 0.2) is 33.6 Å². The van der Waals surface area contributed by atoms with Gasteiger partial charge in [0.2, 0.25) is 0 Å². The van der Waals surface area contributed by atoms with Gasteiger partial charge >= 0.3 is 5.97 Å². The zero-order valence-electron chi connectivity index (χ0n) is 16.9. The van der Waals surface area contributed by atoms with E-state index in [1.807, 2.05) is 0 Å². The molecule has 1 aromatic heterocycles. The molecule has 0 fully saturated rings. The Kier molecular flexibility index (Phi) is 4.82. The third-order valence-corrected chi connectivity index (χ3v) is 8.25. The summed E-state index contributed by atoms with van der Waals surface area (Å²) in [5.41, 5.74) is 2.22. The number of fused-ring (bicyclic) bond motifs is 2. The number of ether oxygens (including phenoxy) is 1. The molecular formula is C21H24N2O4S2. The summed E-state index contributed by atoms with van der Waals surface area (Å²) in [5, 5.41) is 3.73. The predicted octanol–water partition coefficient (Wildman–Crippen LogP) is 4.25. The number of amidine groups is 1. The molecule has 29 heavy (non-hydrogen) atoms. The van der Waals surface area contributed by atoms with Crippen LogP contribution in [0.4, 0.5) is 5.00 Å². The molecule has 2 aliphatic rings. The molecule has 1 aliphatic carbocycles. The number of nitrogens with zero attached hydrogens (tertiary/aromatic N) is 1. The molecule has 2 heterocycles. The van der Waals surface area contributed by atoms with Crippen molar-refractivity contribution in [3.63, 3.8) is 0 Å². The molecular weight excluding hydrogens is 408 g/mol. The van der Waals surface area contributed by atoms with E-state index >= 15 is 0 Å². The maximum Gasteiger partial charge on any atom is 0.341 e. The smallest absolute Gasteiger partial charge is 0.341 e. The van der Waals surface area contributed by atoms with E-state index in [1.54, 1.807) is 18.2 Å². The van der Waals surface area contributed by atoms with Gasteiger partial charge in [-0.05, 0) is 48.3 Å². The molecule has 1 atom stereocenters. The summed E-state index contributed by atoms with van der Waals surface area (Å²) in [4.78, 5) is 13.9. The van der Waals surface area contributed by atoms with Crippen molar-refractivity contribution in [3.8, 4) is 0 Å². The van der Waals surface area contributed by atoms with Crippen molar-refractivity contribution in [1.29, 1.82) is 0 Å². The second-order valence-electron chi connectivity index (χ2n) is 8.54. The number of anilines is 1. The van der Waals surface area contributed by atoms with E-state index in [0.717, 1.165) is 29.7 Å². The number of hydrogen-bond donors (Lipinski definition) is 1. The first-order valence-electron chi connectivity index (χ1n) is 9.56. The number of carbonyl (C=O) groups excluding carboxylic acids is 1. The Morgan fingerprint density at radius 2 is 2.00 bits per heavy atom. The number of hydrogen-bond acceptors (Lipinski definition) is 6. The number of thiophene rings is 1. The minimum atomic E-state index is -3.73. The zero-order valence-corrected chi connectivity index (χ0v) is 18.5. The fourth-order valence-electron chi connectivity index (χ4n) is 4.03. The second-order valence-corrected chi connectivity index (χ2v) is 11.2. The fraction of sp³-hybridized carbons (Fsp3) is 0.429. The average molecular weight is 433 g/mol. The van der Waals surface area contributed by atoms with Crippen molar-refractivity contribution in [2.75, 3.05) is 12.4 Å². The van der Waals surface area contributed by atoms with E-state index in [2.05, 4.69) is 30.5 Å². The molecule has 0 saturated heterocycles. The van der Waals surface area contributed by atoms with Gasteiger partial charge in [0.15, 0.2) is 5.84 Å². The van der Waals surface area contributed by atoms with Gasteiger partial charge in [-0.25, -0.2) is 4.79 Å². The van der Waals surface area contributed by atoms with Crippen molar-refractivity contribution in [2.45, 2.75) is 44.9 Å². The van der Waals surface area contributed by atoms with Crippen LogP contribution < -0.4 is 5.32 Å². The van der Waals surface area contributed by atoms with Crippen LogP contribution in [0.3, 0.4) is 0 Å². The van der Waals surface area contributed by atoms with E-state index in [0.29, 0.717) is 22.0 Å². The van der Waals surface area contributed by atoms with E-state index in [-0.39, 0.29) is 16.1 Å². The minimum Gasteiger partial charge on any atom is -0.465 e. The van der Waals surface area contributed by atoms with Crippen molar-refractivity contribution in [1.82, 2.24) is 0 Å². The fourth-order valence-corrected chi connectivity index (χ4v) is 6.53. The maximum atomic E-state index is 12.6. The molecule has 0 spiro atoms. The summed E-state index contributed by atoms with van der Waals surface area (Å²) < 4.78 is 33.7. The summed E-state index contributed by atoms with van der Waals surface area (Å²) in [6.07, 6.45) is 2.71. The number of nitrogens with one attached hydrogen (secondary N) is 1. The number of benzene rings is 1. The summed E-state index contributed by atoms with van der Waals surface area (Å²) >= 11 is 1.50. The van der Waals surface area contributed by atoms with Gasteiger partial charge in [0.05, 0.1) is 12.7 Å². The molecule has 154 valence electrons. The number of rotatable bonds is 2. The first-order chi connectivity index (χ1) is 13.6. The van der Waals surface area contributed by atoms with E-state index in [4.69, 9.17) is 4.74 Å². The molecule has 1 aromatic carbocycles. The average Bonchev–Trinajstić information content (AvgIpc) is 3.15. The minimum absolute atomic E-state index is 0.177. The van der Waals surface area contributed by atoms with E-state index < -0.39 is 16.0 Å². The summed E-state index contributed by atoms with van der Waals surface area (Å²) in [5.74, 6) is 0.364. The van der Waals surface area contributed by atoms with Gasteiger partial charge in [-0.1, -0.05) is 32.9 Å². The van der Waals surface area contributed by atoms with Crippen molar-refractivity contribution in [3.05, 3.63) is 45.8 Å². The molecule has 0 bridgehead atoms. The van der Waals surface area contributed by atoms with Gasteiger partial charge in [-0.15, -0.1) is 15.7 Å². The quantitative estimate of drug-likeness (QED) is 0.717. The van der Waals surface area contributed by atoms with Crippen LogP contribution in [-0.4, -0.2) is 27.3 Å². The Labute approximate surface area is 175 Å². The monoisotopic (exact) mass is 432 g/mol. The SMILES string of the molecule is COC(=O)c1c(NC2=NS(=O)(=O)c3ccccc32)sc2c1CCC(C(C)(C)C)C2. The van der Waals surface area contributed by atoms with Crippen LogP contribution in [0, 0.1) is 11.3 Å². The van der Waals surface area contributed by atoms with Crippen molar-refractivity contribution in [2.24, 2.45) is 15.7 Å². The second kappa shape index (κ2) is 6.95. The largest absolute Gasteiger partial charge is 0.465 e. The Morgan fingerprint density at radius 3 is 2.69 bits per heavy atom. The van der Waals surface area contributed by atoms with Gasteiger partial charge < -0.3 is 10.1 Å². The van der Waals surface area contributed by atoms with Gasteiger partial charge in [-0.3, -0.25) is 0 Å². The van der Waals surface area contributed by atoms with Crippen LogP contribution >= 0.6 is 11.3 Å². The highest BCUT2D eigenvalue weighted by Gasteiger charge is 2.35. The highest BCUT2D eigenvalue weighted by molar-refractivity contribution is 7.90. The van der Waals surface area contributed by atoms with Crippen LogP contribution in [0.1, 0.15) is 53.6 Å². The first-order valence-corrected chi connectivity index (χ1v) is 11.8. The van der Waals surface area contributed by atoms with Gasteiger partial charge in [0, 0.05) is 10.4 Å². The summed E-state index contributed by atoms with van der Waals surface area (Å²) in [6.45, 7) is 6.73. The van der Waals surface area contributed by atoms with Gasteiger partial charge in [-0.2, -0.15) is 8.42 Å². The van der Waals surface area contributed by atoms with Crippen LogP contribution in [0.25, 0.3) is 0 Å². The molecule has 8 heteroatoms.